The maximum absolute atomic E-state index is 5.86. The highest BCUT2D eigenvalue weighted by Crippen LogP contribution is 2.30. The first-order valence-corrected chi connectivity index (χ1v) is 5.55. The number of hydrogen-bond donors (Lipinski definition) is 1. The minimum absolute atomic E-state index is 0.0879. The van der Waals surface area contributed by atoms with E-state index in [9.17, 15) is 0 Å². The Morgan fingerprint density at radius 2 is 1.81 bits per heavy atom. The van der Waals surface area contributed by atoms with Crippen LogP contribution in [-0.2, 0) is 5.41 Å². The van der Waals surface area contributed by atoms with Gasteiger partial charge in [0.15, 0.2) is 0 Å². The van der Waals surface area contributed by atoms with Crippen LogP contribution in [0.3, 0.4) is 0 Å². The minimum Gasteiger partial charge on any atom is -0.384 e. The van der Waals surface area contributed by atoms with E-state index in [1.165, 1.54) is 16.5 Å². The zero-order valence-corrected chi connectivity index (χ0v) is 10.3. The van der Waals surface area contributed by atoms with Crippen molar-refractivity contribution in [3.63, 3.8) is 0 Å². The SMILES string of the molecule is Cc1ccc2c(C(C)(C)C)cc(N)nc2c1. The van der Waals surface area contributed by atoms with Crippen LogP contribution in [0.2, 0.25) is 0 Å². The lowest BCUT2D eigenvalue weighted by Crippen LogP contribution is -2.13. The number of fused-ring (bicyclic) bond motifs is 1. The maximum Gasteiger partial charge on any atom is 0.124 e. The molecule has 2 N–H and O–H groups in total. The lowest BCUT2D eigenvalue weighted by Gasteiger charge is -2.21. The first-order chi connectivity index (χ1) is 7.38. The van der Waals surface area contributed by atoms with E-state index in [0.717, 1.165) is 5.52 Å². The summed E-state index contributed by atoms with van der Waals surface area (Å²) in [6.07, 6.45) is 0. The van der Waals surface area contributed by atoms with Crippen LogP contribution in [0.5, 0.6) is 0 Å². The molecule has 1 aromatic heterocycles. The van der Waals surface area contributed by atoms with Crippen LogP contribution in [-0.4, -0.2) is 4.98 Å². The second-order valence-electron chi connectivity index (χ2n) is 5.37. The van der Waals surface area contributed by atoms with Crippen LogP contribution in [0.1, 0.15) is 31.9 Å². The van der Waals surface area contributed by atoms with E-state index in [4.69, 9.17) is 5.73 Å². The largest absolute Gasteiger partial charge is 0.384 e. The molecule has 2 rings (SSSR count). The van der Waals surface area contributed by atoms with Gasteiger partial charge in [-0.3, -0.25) is 0 Å². The molecule has 2 aromatic rings. The molecule has 1 heterocycles. The third kappa shape index (κ3) is 1.87. The number of pyridine rings is 1. The number of benzene rings is 1. The molecule has 2 heteroatoms. The fourth-order valence-corrected chi connectivity index (χ4v) is 1.98. The Hall–Kier alpha value is -1.57. The third-order valence-corrected chi connectivity index (χ3v) is 2.79. The van der Waals surface area contributed by atoms with Gasteiger partial charge >= 0.3 is 0 Å². The standard InChI is InChI=1S/C14H18N2/c1-9-5-6-10-11(14(2,3)4)8-13(15)16-12(10)7-9/h5-8H,1-4H3,(H2,15,16). The van der Waals surface area contributed by atoms with Gasteiger partial charge in [0.2, 0.25) is 0 Å². The highest BCUT2D eigenvalue weighted by molar-refractivity contribution is 5.85. The van der Waals surface area contributed by atoms with Crippen molar-refractivity contribution in [3.8, 4) is 0 Å². The van der Waals surface area contributed by atoms with Crippen molar-refractivity contribution in [3.05, 3.63) is 35.4 Å². The maximum atomic E-state index is 5.86. The summed E-state index contributed by atoms with van der Waals surface area (Å²) in [5, 5.41) is 1.20. The van der Waals surface area contributed by atoms with E-state index in [1.807, 2.05) is 6.07 Å². The van der Waals surface area contributed by atoms with Gasteiger partial charge in [-0.25, -0.2) is 4.98 Å². The van der Waals surface area contributed by atoms with Crippen molar-refractivity contribution < 1.29 is 0 Å². The fourth-order valence-electron chi connectivity index (χ4n) is 1.98. The van der Waals surface area contributed by atoms with Crippen LogP contribution in [0.15, 0.2) is 24.3 Å². The van der Waals surface area contributed by atoms with Crippen molar-refractivity contribution in [2.45, 2.75) is 33.1 Å². The van der Waals surface area contributed by atoms with Gasteiger partial charge in [-0.15, -0.1) is 0 Å². The molecule has 0 aliphatic heterocycles. The number of aromatic nitrogens is 1. The lowest BCUT2D eigenvalue weighted by atomic mass is 9.84. The van der Waals surface area contributed by atoms with Gasteiger partial charge < -0.3 is 5.73 Å². The van der Waals surface area contributed by atoms with Crippen molar-refractivity contribution in [1.82, 2.24) is 4.98 Å². The average molecular weight is 214 g/mol. The zero-order chi connectivity index (χ0) is 11.9. The summed E-state index contributed by atoms with van der Waals surface area (Å²) in [4.78, 5) is 4.39. The fraction of sp³-hybridized carbons (Fsp3) is 0.357. The van der Waals surface area contributed by atoms with E-state index in [2.05, 4.69) is 50.9 Å². The second kappa shape index (κ2) is 3.48. The van der Waals surface area contributed by atoms with Crippen molar-refractivity contribution >= 4 is 16.7 Å². The number of rotatable bonds is 0. The zero-order valence-electron chi connectivity index (χ0n) is 10.3. The molecule has 0 radical (unpaired) electrons. The Morgan fingerprint density at radius 3 is 2.44 bits per heavy atom. The molecule has 0 fully saturated rings. The highest BCUT2D eigenvalue weighted by atomic mass is 14.8. The Morgan fingerprint density at radius 1 is 1.12 bits per heavy atom. The van der Waals surface area contributed by atoms with Gasteiger partial charge in [-0.2, -0.15) is 0 Å². The van der Waals surface area contributed by atoms with E-state index in [0.29, 0.717) is 5.82 Å². The molecule has 0 saturated heterocycles. The molecule has 84 valence electrons. The second-order valence-corrected chi connectivity index (χ2v) is 5.37. The minimum atomic E-state index is 0.0879. The van der Waals surface area contributed by atoms with Gasteiger partial charge in [-0.1, -0.05) is 32.9 Å². The number of nitrogen functional groups attached to an aromatic ring is 1. The number of nitrogens with zero attached hydrogens (tertiary/aromatic N) is 1. The summed E-state index contributed by atoms with van der Waals surface area (Å²) < 4.78 is 0. The Labute approximate surface area is 96.5 Å². The summed E-state index contributed by atoms with van der Waals surface area (Å²) in [5.74, 6) is 0.600. The molecule has 2 nitrogen and oxygen atoms in total. The van der Waals surface area contributed by atoms with Crippen molar-refractivity contribution in [1.29, 1.82) is 0 Å². The molecule has 0 unspecified atom stereocenters. The molecule has 0 saturated carbocycles. The molecule has 16 heavy (non-hydrogen) atoms. The van der Waals surface area contributed by atoms with Crippen LogP contribution in [0.25, 0.3) is 10.9 Å². The molecular weight excluding hydrogens is 196 g/mol. The normalized spacial score (nSPS) is 12.0. The average Bonchev–Trinajstić information content (AvgIpc) is 2.14. The first kappa shape index (κ1) is 10.9. The van der Waals surface area contributed by atoms with Crippen molar-refractivity contribution in [2.24, 2.45) is 0 Å². The lowest BCUT2D eigenvalue weighted by molar-refractivity contribution is 0.595. The number of anilines is 1. The monoisotopic (exact) mass is 214 g/mol. The van der Waals surface area contributed by atoms with Crippen LogP contribution >= 0.6 is 0 Å². The van der Waals surface area contributed by atoms with Crippen LogP contribution in [0.4, 0.5) is 5.82 Å². The molecular formula is C14H18N2. The van der Waals surface area contributed by atoms with Gasteiger partial charge in [-0.05, 0) is 35.6 Å². The molecule has 1 aromatic carbocycles. The third-order valence-electron chi connectivity index (χ3n) is 2.79. The van der Waals surface area contributed by atoms with E-state index in [-0.39, 0.29) is 5.41 Å². The van der Waals surface area contributed by atoms with Crippen LogP contribution in [0, 0.1) is 6.92 Å². The van der Waals surface area contributed by atoms with Gasteiger partial charge in [0.25, 0.3) is 0 Å². The number of hydrogen-bond acceptors (Lipinski definition) is 2. The van der Waals surface area contributed by atoms with Gasteiger partial charge in [0.05, 0.1) is 5.52 Å². The summed E-state index contributed by atoms with van der Waals surface area (Å²) >= 11 is 0. The van der Waals surface area contributed by atoms with E-state index >= 15 is 0 Å². The van der Waals surface area contributed by atoms with Crippen molar-refractivity contribution in [2.75, 3.05) is 5.73 Å². The molecule has 0 spiro atoms. The van der Waals surface area contributed by atoms with E-state index in [1.54, 1.807) is 0 Å². The summed E-state index contributed by atoms with van der Waals surface area (Å²) in [6, 6.07) is 8.33. The molecule has 0 bridgehead atoms. The predicted octanol–water partition coefficient (Wildman–Crippen LogP) is 3.42. The van der Waals surface area contributed by atoms with Gasteiger partial charge in [0.1, 0.15) is 5.82 Å². The topological polar surface area (TPSA) is 38.9 Å². The summed E-state index contributed by atoms with van der Waals surface area (Å²) in [7, 11) is 0. The van der Waals surface area contributed by atoms with Crippen LogP contribution < -0.4 is 5.73 Å². The first-order valence-electron chi connectivity index (χ1n) is 5.55. The summed E-state index contributed by atoms with van der Waals surface area (Å²) in [6.45, 7) is 8.66. The quantitative estimate of drug-likeness (QED) is 0.729. The van der Waals surface area contributed by atoms with E-state index < -0.39 is 0 Å². The molecule has 0 aliphatic rings. The smallest absolute Gasteiger partial charge is 0.124 e. The molecule has 0 aliphatic carbocycles. The Balaban J connectivity index is 2.83. The predicted molar refractivity (Wildman–Crippen MR) is 69.6 cm³/mol. The molecule has 0 atom stereocenters. The Kier molecular flexibility index (Phi) is 2.38. The molecule has 0 amide bonds. The highest BCUT2D eigenvalue weighted by Gasteiger charge is 2.17. The number of aryl methyl sites for hydroxylation is 1. The summed E-state index contributed by atoms with van der Waals surface area (Å²) in [5.41, 5.74) is 9.41. The Bertz CT molecular complexity index is 531. The number of nitrogens with two attached hydrogens (primary N) is 1. The van der Waals surface area contributed by atoms with Gasteiger partial charge in [0, 0.05) is 5.39 Å².